The second kappa shape index (κ2) is 9.18. The molecule has 0 aliphatic carbocycles. The van der Waals surface area contributed by atoms with Crippen LogP contribution in [0.25, 0.3) is 22.0 Å². The monoisotopic (exact) mass is 481 g/mol. The number of hydrogen-bond acceptors (Lipinski definition) is 5. The maximum absolute atomic E-state index is 12.8. The summed E-state index contributed by atoms with van der Waals surface area (Å²) >= 11 is 4.37. The van der Waals surface area contributed by atoms with Gasteiger partial charge >= 0.3 is 6.18 Å². The molecule has 0 radical (unpaired) electrons. The molecule has 1 saturated heterocycles. The fourth-order valence-electron chi connectivity index (χ4n) is 4.30. The third-order valence-electron chi connectivity index (χ3n) is 6.05. The summed E-state index contributed by atoms with van der Waals surface area (Å²) in [5.74, 6) is 1.33. The van der Waals surface area contributed by atoms with Crippen LogP contribution < -0.4 is 9.64 Å². The maximum Gasteiger partial charge on any atom is 0.416 e. The molecule has 0 spiro atoms. The van der Waals surface area contributed by atoms with Crippen LogP contribution in [0, 0.1) is 0 Å². The number of alkyl halides is 3. The van der Waals surface area contributed by atoms with E-state index < -0.39 is 11.7 Å². The number of rotatable bonds is 4. The first kappa shape index (κ1) is 22.5. The maximum atomic E-state index is 12.8. The van der Waals surface area contributed by atoms with E-state index in [0.717, 1.165) is 70.8 Å². The van der Waals surface area contributed by atoms with E-state index in [0.29, 0.717) is 5.75 Å². The molecule has 2 heterocycles. The van der Waals surface area contributed by atoms with Gasteiger partial charge in [-0.15, -0.1) is 12.6 Å². The molecule has 8 heteroatoms. The molecular weight excluding hydrogens is 459 g/mol. The van der Waals surface area contributed by atoms with E-state index in [1.165, 1.54) is 12.1 Å². The number of benzene rings is 3. The Hall–Kier alpha value is -3.26. The van der Waals surface area contributed by atoms with E-state index in [1.54, 1.807) is 6.33 Å². The molecule has 0 amide bonds. The number of aromatic nitrogens is 2. The van der Waals surface area contributed by atoms with Crippen LogP contribution in [-0.2, 0) is 6.18 Å². The predicted molar refractivity (Wildman–Crippen MR) is 130 cm³/mol. The largest absolute Gasteiger partial charge is 0.490 e. The van der Waals surface area contributed by atoms with Gasteiger partial charge < -0.3 is 9.64 Å². The van der Waals surface area contributed by atoms with Crippen molar-refractivity contribution in [2.75, 3.05) is 18.0 Å². The number of hydrogen-bond donors (Lipinski definition) is 1. The van der Waals surface area contributed by atoms with Gasteiger partial charge in [0.15, 0.2) is 0 Å². The van der Waals surface area contributed by atoms with Crippen molar-refractivity contribution in [2.24, 2.45) is 0 Å². The minimum atomic E-state index is -4.35. The molecule has 0 saturated carbocycles. The number of halogens is 3. The number of piperidine rings is 1. The predicted octanol–water partition coefficient (Wildman–Crippen LogP) is 6.65. The molecule has 0 atom stereocenters. The van der Waals surface area contributed by atoms with Crippen molar-refractivity contribution in [3.05, 3.63) is 78.6 Å². The lowest BCUT2D eigenvalue weighted by molar-refractivity contribution is -0.137. The van der Waals surface area contributed by atoms with Gasteiger partial charge in [0.05, 0.1) is 11.1 Å². The van der Waals surface area contributed by atoms with E-state index in [-0.39, 0.29) is 6.10 Å². The average molecular weight is 482 g/mol. The molecule has 4 nitrogen and oxygen atoms in total. The Morgan fingerprint density at radius 3 is 2.26 bits per heavy atom. The number of thiol groups is 1. The molecule has 0 bridgehead atoms. The van der Waals surface area contributed by atoms with Gasteiger partial charge in [-0.1, -0.05) is 24.3 Å². The summed E-state index contributed by atoms with van der Waals surface area (Å²) in [6.07, 6.45) is -1.32. The third-order valence-corrected chi connectivity index (χ3v) is 6.35. The second-order valence-corrected chi connectivity index (χ2v) is 8.79. The van der Waals surface area contributed by atoms with Gasteiger partial charge in [0.1, 0.15) is 24.0 Å². The molecule has 1 aliphatic rings. The molecular formula is C26H22F3N3OS. The van der Waals surface area contributed by atoms with E-state index in [4.69, 9.17) is 4.74 Å². The SMILES string of the molecule is FC(F)(F)c1ccc(OC2CCN(c3ncnc4c(-c5ccc(S)cc5)cccc34)CC2)cc1. The zero-order chi connectivity index (χ0) is 23.7. The van der Waals surface area contributed by atoms with Crippen molar-refractivity contribution in [3.8, 4) is 16.9 Å². The molecule has 5 rings (SSSR count). The standard InChI is InChI=1S/C26H22F3N3OS/c27-26(28,29)18-6-8-19(9-7-18)33-20-12-14-32(15-13-20)25-23-3-1-2-22(24(23)30-16-31-25)17-4-10-21(34)11-5-17/h1-11,16,20,34H,12-15H2. The zero-order valence-corrected chi connectivity index (χ0v) is 19.1. The highest BCUT2D eigenvalue weighted by Gasteiger charge is 2.30. The lowest BCUT2D eigenvalue weighted by atomic mass is 10.0. The van der Waals surface area contributed by atoms with E-state index >= 15 is 0 Å². The van der Waals surface area contributed by atoms with Crippen LogP contribution in [0.2, 0.25) is 0 Å². The first-order valence-corrected chi connectivity index (χ1v) is 11.5. The van der Waals surface area contributed by atoms with Crippen molar-refractivity contribution < 1.29 is 17.9 Å². The lowest BCUT2D eigenvalue weighted by Gasteiger charge is -2.33. The highest BCUT2D eigenvalue weighted by Crippen LogP contribution is 2.34. The minimum Gasteiger partial charge on any atom is -0.490 e. The number of nitrogens with zero attached hydrogens (tertiary/aromatic N) is 3. The van der Waals surface area contributed by atoms with Gasteiger partial charge in [-0.05, 0) is 48.0 Å². The Morgan fingerprint density at radius 1 is 0.882 bits per heavy atom. The van der Waals surface area contributed by atoms with Crippen LogP contribution >= 0.6 is 12.6 Å². The third kappa shape index (κ3) is 4.68. The van der Waals surface area contributed by atoms with Crippen molar-refractivity contribution in [3.63, 3.8) is 0 Å². The van der Waals surface area contributed by atoms with Gasteiger partial charge in [0.25, 0.3) is 0 Å². The molecule has 34 heavy (non-hydrogen) atoms. The minimum absolute atomic E-state index is 0.0589. The zero-order valence-electron chi connectivity index (χ0n) is 18.2. The molecule has 4 aromatic rings. The summed E-state index contributed by atoms with van der Waals surface area (Å²) in [6, 6.07) is 19.0. The van der Waals surface area contributed by atoms with Crippen molar-refractivity contribution in [2.45, 2.75) is 30.0 Å². The highest BCUT2D eigenvalue weighted by atomic mass is 32.1. The molecule has 0 unspecified atom stereocenters. The van der Waals surface area contributed by atoms with Gasteiger partial charge in [0.2, 0.25) is 0 Å². The van der Waals surface area contributed by atoms with E-state index in [1.807, 2.05) is 36.4 Å². The quantitative estimate of drug-likeness (QED) is 0.331. The molecule has 1 aliphatic heterocycles. The Kier molecular flexibility index (Phi) is 6.08. The molecule has 0 N–H and O–H groups in total. The molecule has 174 valence electrons. The van der Waals surface area contributed by atoms with Crippen molar-refractivity contribution in [1.29, 1.82) is 0 Å². The van der Waals surface area contributed by atoms with Gasteiger partial charge in [-0.3, -0.25) is 0 Å². The van der Waals surface area contributed by atoms with E-state index in [2.05, 4.69) is 33.6 Å². The number of anilines is 1. The van der Waals surface area contributed by atoms with Crippen LogP contribution in [0.5, 0.6) is 5.75 Å². The normalized spacial score (nSPS) is 15.0. The molecule has 3 aromatic carbocycles. The van der Waals surface area contributed by atoms with Crippen LogP contribution in [0.15, 0.2) is 78.0 Å². The van der Waals surface area contributed by atoms with Gasteiger partial charge in [-0.25, -0.2) is 9.97 Å². The van der Waals surface area contributed by atoms with Crippen LogP contribution in [0.4, 0.5) is 19.0 Å². The summed E-state index contributed by atoms with van der Waals surface area (Å²) in [6.45, 7) is 1.46. The average Bonchev–Trinajstić information content (AvgIpc) is 2.84. The summed E-state index contributed by atoms with van der Waals surface area (Å²) in [4.78, 5) is 12.3. The summed E-state index contributed by atoms with van der Waals surface area (Å²) in [5, 5.41) is 0.983. The Bertz CT molecular complexity index is 1290. The summed E-state index contributed by atoms with van der Waals surface area (Å²) in [5.41, 5.74) is 2.32. The lowest BCUT2D eigenvalue weighted by Crippen LogP contribution is -2.38. The van der Waals surface area contributed by atoms with Gasteiger partial charge in [-0.2, -0.15) is 13.2 Å². The number of ether oxygens (including phenoxy) is 1. The number of para-hydroxylation sites is 1. The van der Waals surface area contributed by atoms with Crippen molar-refractivity contribution >= 4 is 29.3 Å². The smallest absolute Gasteiger partial charge is 0.416 e. The molecule has 1 fully saturated rings. The van der Waals surface area contributed by atoms with Crippen LogP contribution in [0.1, 0.15) is 18.4 Å². The van der Waals surface area contributed by atoms with Gasteiger partial charge in [0, 0.05) is 41.8 Å². The fourth-order valence-corrected chi connectivity index (χ4v) is 4.45. The summed E-state index contributed by atoms with van der Waals surface area (Å²) < 4.78 is 44.3. The Morgan fingerprint density at radius 2 is 1.59 bits per heavy atom. The first-order chi connectivity index (χ1) is 16.4. The van der Waals surface area contributed by atoms with Crippen LogP contribution in [-0.4, -0.2) is 29.2 Å². The second-order valence-electron chi connectivity index (χ2n) is 8.27. The van der Waals surface area contributed by atoms with Crippen molar-refractivity contribution in [1.82, 2.24) is 9.97 Å². The highest BCUT2D eigenvalue weighted by molar-refractivity contribution is 7.80. The van der Waals surface area contributed by atoms with E-state index in [9.17, 15) is 13.2 Å². The first-order valence-electron chi connectivity index (χ1n) is 11.0. The topological polar surface area (TPSA) is 38.2 Å². The molecule has 1 aromatic heterocycles. The Balaban J connectivity index is 1.31. The Labute approximate surface area is 200 Å². The van der Waals surface area contributed by atoms with Crippen LogP contribution in [0.3, 0.4) is 0 Å². The summed E-state index contributed by atoms with van der Waals surface area (Å²) in [7, 11) is 0. The number of fused-ring (bicyclic) bond motifs is 1. The fraction of sp³-hybridized carbons (Fsp3) is 0.231.